The normalized spacial score (nSPS) is 15.6. The number of amides is 1. The van der Waals surface area contributed by atoms with Crippen molar-refractivity contribution < 1.29 is 9.59 Å². The molecular weight excluding hydrogens is 502 g/mol. The second-order valence-corrected chi connectivity index (χ2v) is 12.4. The highest BCUT2D eigenvalue weighted by Gasteiger charge is 2.29. The van der Waals surface area contributed by atoms with Gasteiger partial charge >= 0.3 is 0 Å². The Morgan fingerprint density at radius 1 is 1.16 bits per heavy atom. The van der Waals surface area contributed by atoms with Crippen molar-refractivity contribution in [3.8, 4) is 0 Å². The molecule has 1 atom stereocenters. The molecule has 1 aliphatic heterocycles. The first kappa shape index (κ1) is 29.8. The molecule has 0 aliphatic carbocycles. The van der Waals surface area contributed by atoms with E-state index in [1.807, 2.05) is 13.8 Å². The summed E-state index contributed by atoms with van der Waals surface area (Å²) < 4.78 is 0. The van der Waals surface area contributed by atoms with Gasteiger partial charge in [0, 0.05) is 59.9 Å². The molecule has 1 unspecified atom stereocenters. The number of Topliss-reactive ketones (excluding diaryl/α,β-unsaturated/α-hetero) is 1. The van der Waals surface area contributed by atoms with E-state index in [0.717, 1.165) is 81.4 Å². The number of unbranched alkanes of at least 4 members (excludes halogenated alkanes) is 1. The molecule has 0 aromatic carbocycles. The molecule has 1 amide bonds. The van der Waals surface area contributed by atoms with E-state index < -0.39 is 0 Å². The van der Waals surface area contributed by atoms with Crippen LogP contribution in [0.25, 0.3) is 0 Å². The lowest BCUT2D eigenvalue weighted by molar-refractivity contribution is -0.134. The third kappa shape index (κ3) is 8.62. The Labute approximate surface area is 232 Å². The highest BCUT2D eigenvalue weighted by atomic mass is 35.5. The van der Waals surface area contributed by atoms with Crippen LogP contribution in [0.2, 0.25) is 5.15 Å². The number of thiophene rings is 1. The highest BCUT2D eigenvalue weighted by molar-refractivity contribution is 7.11. The fourth-order valence-corrected chi connectivity index (χ4v) is 6.72. The number of rotatable bonds is 13. The molecule has 0 bridgehead atoms. The number of carbonyl (C=O) groups is 2. The van der Waals surface area contributed by atoms with E-state index >= 15 is 0 Å². The van der Waals surface area contributed by atoms with Crippen molar-refractivity contribution in [1.29, 1.82) is 0 Å². The fourth-order valence-electron chi connectivity index (χ4n) is 5.54. The molecule has 0 radical (unpaired) electrons. The van der Waals surface area contributed by atoms with E-state index in [2.05, 4.69) is 47.7 Å². The number of aromatic nitrogens is 1. The third-order valence-electron chi connectivity index (χ3n) is 7.69. The van der Waals surface area contributed by atoms with Gasteiger partial charge in [0.2, 0.25) is 5.91 Å². The molecule has 7 heteroatoms. The molecule has 3 rings (SSSR count). The maximum Gasteiger partial charge on any atom is 0.223 e. The monoisotopic (exact) mass is 545 g/mol. The SMILES string of the molecule is CCCCN(C(=O)CCc1ccc(C)s1)C1CCN(C(C)CCCC(=O)c2c(C)cc(Cl)nc2C)CC1. The summed E-state index contributed by atoms with van der Waals surface area (Å²) in [5.41, 5.74) is 2.35. The van der Waals surface area contributed by atoms with Crippen molar-refractivity contribution in [1.82, 2.24) is 14.8 Å². The first-order valence-corrected chi connectivity index (χ1v) is 15.1. The Morgan fingerprint density at radius 3 is 2.51 bits per heavy atom. The minimum atomic E-state index is 0.160. The Kier molecular flexibility index (Phi) is 11.6. The van der Waals surface area contributed by atoms with Crippen molar-refractivity contribution in [2.24, 2.45) is 0 Å². The van der Waals surface area contributed by atoms with Crippen LogP contribution in [-0.2, 0) is 11.2 Å². The van der Waals surface area contributed by atoms with Gasteiger partial charge in [-0.05, 0) is 90.0 Å². The summed E-state index contributed by atoms with van der Waals surface area (Å²) in [5.74, 6) is 0.472. The predicted molar refractivity (Wildman–Crippen MR) is 155 cm³/mol. The topological polar surface area (TPSA) is 53.5 Å². The van der Waals surface area contributed by atoms with Gasteiger partial charge in [-0.2, -0.15) is 0 Å². The molecule has 1 aliphatic rings. The fraction of sp³-hybridized carbons (Fsp3) is 0.633. The molecule has 5 nitrogen and oxygen atoms in total. The Morgan fingerprint density at radius 2 is 1.89 bits per heavy atom. The van der Waals surface area contributed by atoms with Crippen molar-refractivity contribution in [3.63, 3.8) is 0 Å². The standard InChI is InChI=1S/C30H44ClN3O2S/c1-6-7-17-34(29(36)14-13-26-12-11-23(4)37-26)25-15-18-33(19-16-25)22(3)9-8-10-27(35)30-21(2)20-28(31)32-24(30)5/h11-12,20,22,25H,6-10,13-19H2,1-5H3. The molecule has 2 aromatic rings. The zero-order chi connectivity index (χ0) is 26.9. The zero-order valence-electron chi connectivity index (χ0n) is 23.3. The van der Waals surface area contributed by atoms with Crippen LogP contribution in [0.3, 0.4) is 0 Å². The van der Waals surface area contributed by atoms with Gasteiger partial charge < -0.3 is 9.80 Å². The van der Waals surface area contributed by atoms with Gasteiger partial charge in [-0.3, -0.25) is 9.59 Å². The van der Waals surface area contributed by atoms with Gasteiger partial charge in [-0.25, -0.2) is 4.98 Å². The summed E-state index contributed by atoms with van der Waals surface area (Å²) in [6.45, 7) is 13.3. The molecule has 204 valence electrons. The van der Waals surface area contributed by atoms with E-state index in [1.54, 1.807) is 17.4 Å². The molecule has 0 saturated carbocycles. The smallest absolute Gasteiger partial charge is 0.223 e. The number of hydrogen-bond acceptors (Lipinski definition) is 5. The average Bonchev–Trinajstić information content (AvgIpc) is 3.27. The second kappa shape index (κ2) is 14.4. The highest BCUT2D eigenvalue weighted by Crippen LogP contribution is 2.24. The summed E-state index contributed by atoms with van der Waals surface area (Å²) >= 11 is 7.82. The van der Waals surface area contributed by atoms with E-state index in [-0.39, 0.29) is 5.78 Å². The summed E-state index contributed by atoms with van der Waals surface area (Å²) in [7, 11) is 0. The van der Waals surface area contributed by atoms with Crippen LogP contribution in [0, 0.1) is 20.8 Å². The van der Waals surface area contributed by atoms with Gasteiger partial charge in [0.25, 0.3) is 0 Å². The largest absolute Gasteiger partial charge is 0.340 e. The van der Waals surface area contributed by atoms with Crippen LogP contribution < -0.4 is 0 Å². The van der Waals surface area contributed by atoms with Crippen molar-refractivity contribution in [2.45, 2.75) is 104 Å². The second-order valence-electron chi connectivity index (χ2n) is 10.6. The van der Waals surface area contributed by atoms with Gasteiger partial charge in [0.15, 0.2) is 5.78 Å². The van der Waals surface area contributed by atoms with Gasteiger partial charge in [-0.1, -0.05) is 24.9 Å². The van der Waals surface area contributed by atoms with Crippen LogP contribution >= 0.6 is 22.9 Å². The summed E-state index contributed by atoms with van der Waals surface area (Å²) in [5, 5.41) is 0.441. The maximum atomic E-state index is 13.2. The number of pyridine rings is 1. The molecular formula is C30H44ClN3O2S. The number of hydrogen-bond donors (Lipinski definition) is 0. The lowest BCUT2D eigenvalue weighted by atomic mass is 9.97. The average molecular weight is 546 g/mol. The van der Waals surface area contributed by atoms with Crippen LogP contribution in [0.1, 0.15) is 96.6 Å². The Bertz CT molecular complexity index is 1020. The first-order chi connectivity index (χ1) is 17.7. The quantitative estimate of drug-likeness (QED) is 0.197. The van der Waals surface area contributed by atoms with Crippen molar-refractivity contribution in [3.05, 3.63) is 49.9 Å². The van der Waals surface area contributed by atoms with Crippen LogP contribution in [-0.4, -0.2) is 58.2 Å². The number of nitrogens with zero attached hydrogens (tertiary/aromatic N) is 3. The molecule has 2 aromatic heterocycles. The number of ketones is 1. The molecule has 3 heterocycles. The van der Waals surface area contributed by atoms with E-state index in [0.29, 0.717) is 36.0 Å². The Balaban J connectivity index is 1.46. The maximum absolute atomic E-state index is 13.2. The summed E-state index contributed by atoms with van der Waals surface area (Å²) in [4.78, 5) is 37.6. The van der Waals surface area contributed by atoms with Gasteiger partial charge in [0.1, 0.15) is 5.15 Å². The van der Waals surface area contributed by atoms with Crippen LogP contribution in [0.5, 0.6) is 0 Å². The molecule has 1 fully saturated rings. The van der Waals surface area contributed by atoms with E-state index in [1.165, 1.54) is 9.75 Å². The van der Waals surface area contributed by atoms with Crippen molar-refractivity contribution >= 4 is 34.6 Å². The van der Waals surface area contributed by atoms with Crippen LogP contribution in [0.15, 0.2) is 18.2 Å². The lowest BCUT2D eigenvalue weighted by Gasteiger charge is -2.41. The minimum absolute atomic E-state index is 0.160. The van der Waals surface area contributed by atoms with Crippen LogP contribution in [0.4, 0.5) is 0 Å². The van der Waals surface area contributed by atoms with E-state index in [9.17, 15) is 9.59 Å². The summed E-state index contributed by atoms with van der Waals surface area (Å²) in [6.07, 6.45) is 8.09. The number of likely N-dealkylation sites (tertiary alicyclic amines) is 1. The molecule has 0 spiro atoms. The first-order valence-electron chi connectivity index (χ1n) is 13.9. The summed E-state index contributed by atoms with van der Waals surface area (Å²) in [6, 6.07) is 6.85. The van der Waals surface area contributed by atoms with Gasteiger partial charge in [-0.15, -0.1) is 11.3 Å². The third-order valence-corrected chi connectivity index (χ3v) is 8.94. The zero-order valence-corrected chi connectivity index (χ0v) is 24.9. The molecule has 1 saturated heterocycles. The number of piperidine rings is 1. The van der Waals surface area contributed by atoms with Gasteiger partial charge in [0.05, 0.1) is 5.69 Å². The number of carbonyl (C=O) groups excluding carboxylic acids is 2. The minimum Gasteiger partial charge on any atom is -0.340 e. The van der Waals surface area contributed by atoms with E-state index in [4.69, 9.17) is 11.6 Å². The number of halogens is 1. The number of aryl methyl sites for hydroxylation is 4. The lowest BCUT2D eigenvalue weighted by Crippen LogP contribution is -2.49. The molecule has 37 heavy (non-hydrogen) atoms. The molecule has 0 N–H and O–H groups in total. The van der Waals surface area contributed by atoms with Crippen molar-refractivity contribution in [2.75, 3.05) is 19.6 Å². The Hall–Kier alpha value is -1.76. The predicted octanol–water partition coefficient (Wildman–Crippen LogP) is 7.19.